The Hall–Kier alpha value is -2.59. The van der Waals surface area contributed by atoms with Gasteiger partial charge in [-0.15, -0.1) is 0 Å². The van der Waals surface area contributed by atoms with Gasteiger partial charge < -0.3 is 27.2 Å². The summed E-state index contributed by atoms with van der Waals surface area (Å²) in [5.41, 5.74) is 11.7. The SMILES string of the molecule is CSCC[C@H](N)C(=O)N[C@@H](Cc1ccccc1)C(=O)N[C@@H](CCC(N)=O)C(=O)O. The summed E-state index contributed by atoms with van der Waals surface area (Å²) in [6, 6.07) is 5.91. The largest absolute Gasteiger partial charge is 0.480 e. The molecule has 0 aromatic heterocycles. The first-order valence-corrected chi connectivity index (χ1v) is 10.5. The van der Waals surface area contributed by atoms with Crippen LogP contribution in [0.1, 0.15) is 24.8 Å². The molecule has 10 heteroatoms. The lowest BCUT2D eigenvalue weighted by Gasteiger charge is -2.23. The molecule has 0 saturated carbocycles. The summed E-state index contributed by atoms with van der Waals surface area (Å²) < 4.78 is 0. The van der Waals surface area contributed by atoms with E-state index in [1.165, 1.54) is 0 Å². The molecule has 3 atom stereocenters. The van der Waals surface area contributed by atoms with Crippen molar-refractivity contribution in [1.82, 2.24) is 10.6 Å². The summed E-state index contributed by atoms with van der Waals surface area (Å²) in [7, 11) is 0. The molecule has 0 aliphatic carbocycles. The molecule has 7 N–H and O–H groups in total. The summed E-state index contributed by atoms with van der Waals surface area (Å²) in [5.74, 6) is -2.42. The van der Waals surface area contributed by atoms with E-state index in [-0.39, 0.29) is 19.3 Å². The Morgan fingerprint density at radius 2 is 1.66 bits per heavy atom. The summed E-state index contributed by atoms with van der Waals surface area (Å²) in [6.07, 6.45) is 2.18. The molecule has 0 heterocycles. The number of carboxylic acid groups (broad SMARTS) is 1. The fourth-order valence-electron chi connectivity index (χ4n) is 2.53. The zero-order chi connectivity index (χ0) is 21.8. The van der Waals surface area contributed by atoms with Crippen LogP contribution in [0.4, 0.5) is 0 Å². The second-order valence-corrected chi connectivity index (χ2v) is 7.53. The van der Waals surface area contributed by atoms with Crippen molar-refractivity contribution in [2.24, 2.45) is 11.5 Å². The Balaban J connectivity index is 2.90. The summed E-state index contributed by atoms with van der Waals surface area (Å²) in [4.78, 5) is 47.5. The van der Waals surface area contributed by atoms with E-state index in [1.54, 1.807) is 36.0 Å². The van der Waals surface area contributed by atoms with E-state index in [0.29, 0.717) is 12.2 Å². The van der Waals surface area contributed by atoms with Crippen molar-refractivity contribution < 1.29 is 24.3 Å². The van der Waals surface area contributed by atoms with E-state index in [9.17, 15) is 24.3 Å². The summed E-state index contributed by atoms with van der Waals surface area (Å²) in [5, 5.41) is 14.3. The number of rotatable bonds is 13. The second kappa shape index (κ2) is 12.8. The highest BCUT2D eigenvalue weighted by molar-refractivity contribution is 7.98. The van der Waals surface area contributed by atoms with Gasteiger partial charge in [-0.3, -0.25) is 14.4 Å². The Labute approximate surface area is 174 Å². The van der Waals surface area contributed by atoms with E-state index < -0.39 is 41.8 Å². The van der Waals surface area contributed by atoms with Crippen LogP contribution in [0.15, 0.2) is 30.3 Å². The molecule has 0 aliphatic rings. The highest BCUT2D eigenvalue weighted by Gasteiger charge is 2.28. The van der Waals surface area contributed by atoms with Gasteiger partial charge in [0.1, 0.15) is 12.1 Å². The third-order valence-corrected chi connectivity index (χ3v) is 4.82. The number of hydrogen-bond donors (Lipinski definition) is 5. The fourth-order valence-corrected chi connectivity index (χ4v) is 3.02. The van der Waals surface area contributed by atoms with Crippen molar-refractivity contribution in [2.75, 3.05) is 12.0 Å². The van der Waals surface area contributed by atoms with E-state index in [2.05, 4.69) is 10.6 Å². The van der Waals surface area contributed by atoms with Gasteiger partial charge in [0.05, 0.1) is 6.04 Å². The van der Waals surface area contributed by atoms with Crippen molar-refractivity contribution in [2.45, 2.75) is 43.8 Å². The molecule has 29 heavy (non-hydrogen) atoms. The van der Waals surface area contributed by atoms with Crippen LogP contribution in [0.25, 0.3) is 0 Å². The van der Waals surface area contributed by atoms with Crippen molar-refractivity contribution >= 4 is 35.5 Å². The third-order valence-electron chi connectivity index (χ3n) is 4.18. The molecular weight excluding hydrogens is 396 g/mol. The Kier molecular flexibility index (Phi) is 10.8. The number of thioether (sulfide) groups is 1. The van der Waals surface area contributed by atoms with Gasteiger partial charge in [0.2, 0.25) is 17.7 Å². The lowest BCUT2D eigenvalue weighted by Crippen LogP contribution is -2.55. The molecule has 3 amide bonds. The van der Waals surface area contributed by atoms with Crippen molar-refractivity contribution in [3.05, 3.63) is 35.9 Å². The molecular formula is C19H28N4O5S. The first-order chi connectivity index (χ1) is 13.7. The molecule has 0 unspecified atom stereocenters. The maximum absolute atomic E-state index is 12.7. The smallest absolute Gasteiger partial charge is 0.326 e. The zero-order valence-electron chi connectivity index (χ0n) is 16.3. The van der Waals surface area contributed by atoms with Gasteiger partial charge in [0.25, 0.3) is 0 Å². The van der Waals surface area contributed by atoms with Gasteiger partial charge in [-0.1, -0.05) is 30.3 Å². The number of carbonyl (C=O) groups is 4. The molecule has 160 valence electrons. The molecule has 0 aliphatic heterocycles. The van der Waals surface area contributed by atoms with Crippen LogP contribution in [-0.4, -0.2) is 58.9 Å². The molecule has 0 spiro atoms. The molecule has 0 radical (unpaired) electrons. The molecule has 9 nitrogen and oxygen atoms in total. The van der Waals surface area contributed by atoms with Gasteiger partial charge in [-0.25, -0.2) is 4.79 Å². The van der Waals surface area contributed by atoms with Gasteiger partial charge in [-0.2, -0.15) is 11.8 Å². The molecule has 1 rings (SSSR count). The normalized spacial score (nSPS) is 13.7. The van der Waals surface area contributed by atoms with Crippen LogP contribution < -0.4 is 22.1 Å². The van der Waals surface area contributed by atoms with Crippen LogP contribution in [0.2, 0.25) is 0 Å². The number of benzene rings is 1. The van der Waals surface area contributed by atoms with Crippen LogP contribution in [-0.2, 0) is 25.6 Å². The maximum atomic E-state index is 12.7. The highest BCUT2D eigenvalue weighted by Crippen LogP contribution is 2.07. The van der Waals surface area contributed by atoms with Crippen LogP contribution in [0, 0.1) is 0 Å². The third kappa shape index (κ3) is 9.44. The molecule has 0 fully saturated rings. The van der Waals surface area contributed by atoms with Crippen LogP contribution in [0.5, 0.6) is 0 Å². The van der Waals surface area contributed by atoms with Crippen molar-refractivity contribution in [1.29, 1.82) is 0 Å². The molecule has 0 saturated heterocycles. The van der Waals surface area contributed by atoms with Crippen LogP contribution in [0.3, 0.4) is 0 Å². The number of hydrogen-bond acceptors (Lipinski definition) is 6. The molecule has 0 bridgehead atoms. The Morgan fingerprint density at radius 3 is 2.21 bits per heavy atom. The minimum atomic E-state index is -1.30. The van der Waals surface area contributed by atoms with Crippen molar-refractivity contribution in [3.8, 4) is 0 Å². The molecule has 1 aromatic rings. The summed E-state index contributed by atoms with van der Waals surface area (Å²) >= 11 is 1.55. The number of amides is 3. The lowest BCUT2D eigenvalue weighted by molar-refractivity contribution is -0.142. The van der Waals surface area contributed by atoms with E-state index in [1.807, 2.05) is 12.3 Å². The number of carboxylic acids is 1. The van der Waals surface area contributed by atoms with E-state index >= 15 is 0 Å². The minimum Gasteiger partial charge on any atom is -0.480 e. The Morgan fingerprint density at radius 1 is 1.03 bits per heavy atom. The van der Waals surface area contributed by atoms with Gasteiger partial charge in [0.15, 0.2) is 0 Å². The van der Waals surface area contributed by atoms with Crippen molar-refractivity contribution in [3.63, 3.8) is 0 Å². The minimum absolute atomic E-state index is 0.143. The van der Waals surface area contributed by atoms with Crippen LogP contribution >= 0.6 is 11.8 Å². The number of nitrogens with one attached hydrogen (secondary N) is 2. The van der Waals surface area contributed by atoms with Gasteiger partial charge >= 0.3 is 5.97 Å². The number of primary amides is 1. The zero-order valence-corrected chi connectivity index (χ0v) is 17.1. The van der Waals surface area contributed by atoms with E-state index in [0.717, 1.165) is 5.56 Å². The molecule has 1 aromatic carbocycles. The number of aliphatic carboxylic acids is 1. The summed E-state index contributed by atoms with van der Waals surface area (Å²) in [6.45, 7) is 0. The standard InChI is InChI=1S/C19H28N4O5S/c1-29-10-9-13(20)17(25)23-15(11-12-5-3-2-4-6-12)18(26)22-14(19(27)28)7-8-16(21)24/h2-6,13-15H,7-11,20H2,1H3,(H2,21,24)(H,22,26)(H,23,25)(H,27,28)/t13-,14-,15-/m0/s1. The van der Waals surface area contributed by atoms with Gasteiger partial charge in [-0.05, 0) is 30.4 Å². The van der Waals surface area contributed by atoms with E-state index in [4.69, 9.17) is 11.5 Å². The lowest BCUT2D eigenvalue weighted by atomic mass is 10.0. The topological polar surface area (TPSA) is 165 Å². The average Bonchev–Trinajstić information content (AvgIpc) is 2.68. The number of carbonyl (C=O) groups excluding carboxylic acids is 3. The predicted octanol–water partition coefficient (Wildman–Crippen LogP) is -0.371. The average molecular weight is 425 g/mol. The predicted molar refractivity (Wildman–Crippen MR) is 111 cm³/mol. The Bertz CT molecular complexity index is 701. The second-order valence-electron chi connectivity index (χ2n) is 6.54. The quantitative estimate of drug-likeness (QED) is 0.288. The monoisotopic (exact) mass is 424 g/mol. The number of nitrogens with two attached hydrogens (primary N) is 2. The highest BCUT2D eigenvalue weighted by atomic mass is 32.2. The first kappa shape index (κ1) is 24.4. The van der Waals surface area contributed by atoms with Gasteiger partial charge in [0, 0.05) is 12.8 Å². The first-order valence-electron chi connectivity index (χ1n) is 9.14. The maximum Gasteiger partial charge on any atom is 0.326 e. The fraction of sp³-hybridized carbons (Fsp3) is 0.474.